The van der Waals surface area contributed by atoms with Crippen LogP contribution in [0.4, 0.5) is 5.69 Å². The molecule has 1 aliphatic heterocycles. The number of likely N-dealkylation sites (tertiary alicyclic amines) is 1. The van der Waals surface area contributed by atoms with Crippen LogP contribution in [0.2, 0.25) is 0 Å². The van der Waals surface area contributed by atoms with Crippen LogP contribution in [0.5, 0.6) is 0 Å². The van der Waals surface area contributed by atoms with E-state index in [1.165, 1.54) is 18.9 Å². The minimum absolute atomic E-state index is 0.0515. The number of carbonyl (C=O) groups excluding carboxylic acids is 1. The number of nitrogens with one attached hydrogen (secondary N) is 2. The zero-order chi connectivity index (χ0) is 16.1. The number of carbonyl (C=O) groups is 1. The zero-order valence-electron chi connectivity index (χ0n) is 13.6. The Balaban J connectivity index is 1.60. The van der Waals surface area contributed by atoms with Crippen molar-refractivity contribution in [3.63, 3.8) is 0 Å². The summed E-state index contributed by atoms with van der Waals surface area (Å²) in [6, 6.07) is 10.6. The second kappa shape index (κ2) is 7.42. The third-order valence-corrected chi connectivity index (χ3v) is 4.45. The third-order valence-electron chi connectivity index (χ3n) is 4.45. The molecule has 2 aromatic rings. The van der Waals surface area contributed by atoms with Crippen LogP contribution in [-0.4, -0.2) is 40.6 Å². The molecule has 2 N–H and O–H groups in total. The maximum absolute atomic E-state index is 11.3. The van der Waals surface area contributed by atoms with Gasteiger partial charge in [-0.1, -0.05) is 30.3 Å². The highest BCUT2D eigenvalue weighted by molar-refractivity contribution is 5.89. The van der Waals surface area contributed by atoms with Crippen molar-refractivity contribution in [3.05, 3.63) is 47.8 Å². The van der Waals surface area contributed by atoms with Crippen LogP contribution in [-0.2, 0) is 11.2 Å². The summed E-state index contributed by atoms with van der Waals surface area (Å²) in [5, 5.41) is 10.1. The summed E-state index contributed by atoms with van der Waals surface area (Å²) in [5.41, 5.74) is 3.27. The predicted octanol–water partition coefficient (Wildman–Crippen LogP) is 2.79. The van der Waals surface area contributed by atoms with Gasteiger partial charge in [0.05, 0.1) is 17.6 Å². The van der Waals surface area contributed by atoms with Gasteiger partial charge in [0.25, 0.3) is 0 Å². The Morgan fingerprint density at radius 2 is 2.22 bits per heavy atom. The largest absolute Gasteiger partial charge is 0.323 e. The molecule has 1 saturated heterocycles. The Hall–Kier alpha value is -2.14. The molecule has 23 heavy (non-hydrogen) atoms. The van der Waals surface area contributed by atoms with Crippen molar-refractivity contribution in [2.75, 3.05) is 25.0 Å². The van der Waals surface area contributed by atoms with E-state index < -0.39 is 0 Å². The Labute approximate surface area is 137 Å². The number of anilines is 1. The molecule has 0 spiro atoms. The quantitative estimate of drug-likeness (QED) is 0.892. The fourth-order valence-electron chi connectivity index (χ4n) is 3.32. The van der Waals surface area contributed by atoms with Gasteiger partial charge in [-0.25, -0.2) is 0 Å². The minimum Gasteiger partial charge on any atom is -0.323 e. The van der Waals surface area contributed by atoms with Crippen LogP contribution in [0.3, 0.4) is 0 Å². The highest BCUT2D eigenvalue weighted by Crippen LogP contribution is 2.30. The number of aromatic nitrogens is 2. The van der Waals surface area contributed by atoms with Crippen molar-refractivity contribution in [1.29, 1.82) is 0 Å². The highest BCUT2D eigenvalue weighted by atomic mass is 16.1. The Kier molecular flexibility index (Phi) is 5.08. The summed E-state index contributed by atoms with van der Waals surface area (Å²) in [4.78, 5) is 13.8. The van der Waals surface area contributed by atoms with Gasteiger partial charge in [-0.15, -0.1) is 0 Å². The van der Waals surface area contributed by atoms with Crippen molar-refractivity contribution in [2.45, 2.75) is 32.1 Å². The molecule has 1 fully saturated rings. The summed E-state index contributed by atoms with van der Waals surface area (Å²) in [7, 11) is 0. The van der Waals surface area contributed by atoms with Gasteiger partial charge in [0.2, 0.25) is 5.91 Å². The molecule has 1 amide bonds. The SMILES string of the molecule is CC(=O)Nc1cn[nH]c1[C@H]1CCCN(CCc2ccccc2)C1. The lowest BCUT2D eigenvalue weighted by molar-refractivity contribution is -0.114. The Morgan fingerprint density at radius 1 is 1.39 bits per heavy atom. The summed E-state index contributed by atoms with van der Waals surface area (Å²) in [5.74, 6) is 0.355. The zero-order valence-corrected chi connectivity index (χ0v) is 13.6. The molecule has 0 bridgehead atoms. The molecule has 1 atom stereocenters. The summed E-state index contributed by atoms with van der Waals surface area (Å²) in [6.45, 7) is 4.77. The van der Waals surface area contributed by atoms with Crippen molar-refractivity contribution in [1.82, 2.24) is 15.1 Å². The topological polar surface area (TPSA) is 61.0 Å². The normalized spacial score (nSPS) is 18.7. The molecule has 0 radical (unpaired) electrons. The lowest BCUT2D eigenvalue weighted by Crippen LogP contribution is -2.36. The third kappa shape index (κ3) is 4.20. The summed E-state index contributed by atoms with van der Waals surface area (Å²) >= 11 is 0. The van der Waals surface area contributed by atoms with E-state index in [-0.39, 0.29) is 5.91 Å². The first kappa shape index (κ1) is 15.7. The molecule has 1 aromatic heterocycles. The number of hydrogen-bond donors (Lipinski definition) is 2. The average molecular weight is 312 g/mol. The van der Waals surface area contributed by atoms with Crippen LogP contribution in [0, 0.1) is 0 Å². The lowest BCUT2D eigenvalue weighted by atomic mass is 9.93. The molecular formula is C18H24N4O. The van der Waals surface area contributed by atoms with Gasteiger partial charge in [-0.05, 0) is 31.4 Å². The van der Waals surface area contributed by atoms with Gasteiger partial charge in [-0.2, -0.15) is 5.10 Å². The molecular weight excluding hydrogens is 288 g/mol. The second-order valence-corrected chi connectivity index (χ2v) is 6.25. The first-order valence-corrected chi connectivity index (χ1v) is 8.29. The van der Waals surface area contributed by atoms with E-state index in [0.29, 0.717) is 5.92 Å². The molecule has 5 nitrogen and oxygen atoms in total. The molecule has 5 heteroatoms. The molecule has 122 valence electrons. The lowest BCUT2D eigenvalue weighted by Gasteiger charge is -2.32. The van der Waals surface area contributed by atoms with E-state index in [2.05, 4.69) is 50.7 Å². The smallest absolute Gasteiger partial charge is 0.221 e. The van der Waals surface area contributed by atoms with Crippen LogP contribution in [0.25, 0.3) is 0 Å². The van der Waals surface area contributed by atoms with E-state index >= 15 is 0 Å². The fourth-order valence-corrected chi connectivity index (χ4v) is 3.32. The molecule has 0 unspecified atom stereocenters. The van der Waals surface area contributed by atoms with Crippen molar-refractivity contribution < 1.29 is 4.79 Å². The minimum atomic E-state index is -0.0515. The number of nitrogens with zero attached hydrogens (tertiary/aromatic N) is 2. The molecule has 0 saturated carbocycles. The summed E-state index contributed by atoms with van der Waals surface area (Å²) < 4.78 is 0. The van der Waals surface area contributed by atoms with Crippen molar-refractivity contribution in [3.8, 4) is 0 Å². The van der Waals surface area contributed by atoms with Gasteiger partial charge in [-0.3, -0.25) is 9.89 Å². The number of aromatic amines is 1. The molecule has 1 aromatic carbocycles. The summed E-state index contributed by atoms with van der Waals surface area (Å²) in [6.07, 6.45) is 5.10. The van der Waals surface area contributed by atoms with Crippen LogP contribution in [0.15, 0.2) is 36.5 Å². The number of rotatable bonds is 5. The number of piperidine rings is 1. The maximum atomic E-state index is 11.3. The standard InChI is InChI=1S/C18H24N4O/c1-14(23)20-17-12-19-21-18(17)16-8-5-10-22(13-16)11-9-15-6-3-2-4-7-15/h2-4,6-7,12,16H,5,8-11,13H2,1H3,(H,19,21)(H,20,23)/t16-/m0/s1. The molecule has 3 rings (SSSR count). The highest BCUT2D eigenvalue weighted by Gasteiger charge is 2.24. The van der Waals surface area contributed by atoms with E-state index in [4.69, 9.17) is 0 Å². The van der Waals surface area contributed by atoms with Crippen LogP contribution >= 0.6 is 0 Å². The van der Waals surface area contributed by atoms with E-state index in [1.807, 2.05) is 0 Å². The van der Waals surface area contributed by atoms with Gasteiger partial charge in [0.1, 0.15) is 0 Å². The van der Waals surface area contributed by atoms with E-state index in [0.717, 1.165) is 43.9 Å². The average Bonchev–Trinajstić information content (AvgIpc) is 3.01. The van der Waals surface area contributed by atoms with Gasteiger partial charge in [0, 0.05) is 25.9 Å². The molecule has 2 heterocycles. The van der Waals surface area contributed by atoms with Gasteiger partial charge >= 0.3 is 0 Å². The monoisotopic (exact) mass is 312 g/mol. The first-order valence-electron chi connectivity index (χ1n) is 8.29. The van der Waals surface area contributed by atoms with Gasteiger partial charge < -0.3 is 10.2 Å². The van der Waals surface area contributed by atoms with E-state index in [9.17, 15) is 4.79 Å². The van der Waals surface area contributed by atoms with E-state index in [1.54, 1.807) is 6.20 Å². The van der Waals surface area contributed by atoms with Crippen molar-refractivity contribution in [2.24, 2.45) is 0 Å². The predicted molar refractivity (Wildman–Crippen MR) is 91.5 cm³/mol. The Morgan fingerprint density at radius 3 is 3.00 bits per heavy atom. The number of H-pyrrole nitrogens is 1. The molecule has 0 aliphatic carbocycles. The Bertz CT molecular complexity index is 637. The van der Waals surface area contributed by atoms with Crippen molar-refractivity contribution >= 4 is 11.6 Å². The van der Waals surface area contributed by atoms with Crippen LogP contribution in [0.1, 0.15) is 36.9 Å². The number of amides is 1. The number of hydrogen-bond acceptors (Lipinski definition) is 3. The van der Waals surface area contributed by atoms with Crippen LogP contribution < -0.4 is 5.32 Å². The first-order chi connectivity index (χ1) is 11.2. The fraction of sp³-hybridized carbons (Fsp3) is 0.444. The second-order valence-electron chi connectivity index (χ2n) is 6.25. The molecule has 1 aliphatic rings. The number of benzene rings is 1. The van der Waals surface area contributed by atoms with Gasteiger partial charge in [0.15, 0.2) is 0 Å². The maximum Gasteiger partial charge on any atom is 0.221 e.